The lowest BCUT2D eigenvalue weighted by atomic mass is 10.1. The van der Waals surface area contributed by atoms with E-state index in [1.54, 1.807) is 25.1 Å². The molecule has 2 aromatic rings. The van der Waals surface area contributed by atoms with Gasteiger partial charge in [-0.3, -0.25) is 4.79 Å². The Hall–Kier alpha value is -1.74. The van der Waals surface area contributed by atoms with Crippen LogP contribution in [0.1, 0.15) is 16.3 Å². The number of aldehydes is 1. The number of aryl methyl sites for hydroxylation is 1. The van der Waals surface area contributed by atoms with Gasteiger partial charge in [-0.05, 0) is 25.1 Å². The van der Waals surface area contributed by atoms with Crippen molar-refractivity contribution in [1.29, 1.82) is 0 Å². The summed E-state index contributed by atoms with van der Waals surface area (Å²) in [6.07, 6.45) is 0.716. The minimum Gasteiger partial charge on any atom is -0.296 e. The van der Waals surface area contributed by atoms with Crippen molar-refractivity contribution in [3.05, 3.63) is 46.9 Å². The van der Waals surface area contributed by atoms with E-state index < -0.39 is 0 Å². The predicted octanol–water partition coefficient (Wildman–Crippen LogP) is 2.92. The van der Waals surface area contributed by atoms with Crippen LogP contribution in [-0.4, -0.2) is 16.3 Å². The Balaban J connectivity index is 2.51. The van der Waals surface area contributed by atoms with Gasteiger partial charge in [-0.2, -0.15) is 0 Å². The molecule has 2 rings (SSSR count). The summed E-state index contributed by atoms with van der Waals surface area (Å²) in [5, 5.41) is 0.671. The first-order valence-corrected chi connectivity index (χ1v) is 5.13. The van der Waals surface area contributed by atoms with Crippen molar-refractivity contribution in [3.8, 4) is 11.3 Å². The molecule has 0 atom stereocenters. The number of halogens is 1. The van der Waals surface area contributed by atoms with E-state index >= 15 is 0 Å². The average Bonchev–Trinajstić information content (AvgIpc) is 2.29. The Morgan fingerprint density at radius 3 is 2.50 bits per heavy atom. The summed E-state index contributed by atoms with van der Waals surface area (Å²) in [6, 6.07) is 8.95. The predicted molar refractivity (Wildman–Crippen MR) is 62.6 cm³/mol. The summed E-state index contributed by atoms with van der Waals surface area (Å²) in [4.78, 5) is 18.9. The molecular weight excluding hydrogens is 224 g/mol. The molecule has 3 nitrogen and oxygen atoms in total. The van der Waals surface area contributed by atoms with Crippen molar-refractivity contribution in [2.75, 3.05) is 0 Å². The molecule has 0 aliphatic heterocycles. The second kappa shape index (κ2) is 4.41. The number of benzene rings is 1. The molecule has 0 fully saturated rings. The first kappa shape index (κ1) is 10.8. The number of rotatable bonds is 2. The lowest BCUT2D eigenvalue weighted by Crippen LogP contribution is -1.96. The van der Waals surface area contributed by atoms with Gasteiger partial charge in [0.05, 0.1) is 5.69 Å². The maximum absolute atomic E-state index is 10.7. The first-order chi connectivity index (χ1) is 7.69. The molecule has 1 heterocycles. The molecule has 0 unspecified atom stereocenters. The zero-order chi connectivity index (χ0) is 11.5. The lowest BCUT2D eigenvalue weighted by molar-refractivity contribution is 0.111. The van der Waals surface area contributed by atoms with Gasteiger partial charge in [0.25, 0.3) is 0 Å². The summed E-state index contributed by atoms with van der Waals surface area (Å²) in [7, 11) is 0. The molecule has 0 bridgehead atoms. The summed E-state index contributed by atoms with van der Waals surface area (Å²) in [5.74, 6) is 0.578. The van der Waals surface area contributed by atoms with Crippen molar-refractivity contribution in [2.24, 2.45) is 0 Å². The monoisotopic (exact) mass is 232 g/mol. The van der Waals surface area contributed by atoms with Crippen molar-refractivity contribution in [3.63, 3.8) is 0 Å². The Labute approximate surface area is 98.1 Å². The molecule has 0 amide bonds. The second-order valence-corrected chi connectivity index (χ2v) is 3.79. The topological polar surface area (TPSA) is 42.9 Å². The highest BCUT2D eigenvalue weighted by molar-refractivity contribution is 6.30. The van der Waals surface area contributed by atoms with E-state index in [2.05, 4.69) is 9.97 Å². The van der Waals surface area contributed by atoms with Gasteiger partial charge in [0.15, 0.2) is 6.29 Å². The highest BCUT2D eigenvalue weighted by Gasteiger charge is 2.03. The van der Waals surface area contributed by atoms with E-state index in [9.17, 15) is 4.79 Å². The van der Waals surface area contributed by atoms with E-state index in [4.69, 9.17) is 11.6 Å². The zero-order valence-electron chi connectivity index (χ0n) is 8.64. The van der Waals surface area contributed by atoms with Crippen LogP contribution in [0.2, 0.25) is 5.02 Å². The standard InChI is InChI=1S/C12H9ClN2O/c1-8-14-11(7-16)6-12(15-8)9-2-4-10(13)5-3-9/h2-7H,1H3. The van der Waals surface area contributed by atoms with Crippen LogP contribution in [-0.2, 0) is 0 Å². The van der Waals surface area contributed by atoms with Gasteiger partial charge >= 0.3 is 0 Å². The molecule has 16 heavy (non-hydrogen) atoms. The maximum Gasteiger partial charge on any atom is 0.168 e. The van der Waals surface area contributed by atoms with E-state index in [0.717, 1.165) is 11.3 Å². The number of carbonyl (C=O) groups excluding carboxylic acids is 1. The van der Waals surface area contributed by atoms with Gasteiger partial charge in [-0.15, -0.1) is 0 Å². The Morgan fingerprint density at radius 1 is 1.19 bits per heavy atom. The molecule has 80 valence electrons. The fourth-order valence-electron chi connectivity index (χ4n) is 1.42. The Morgan fingerprint density at radius 2 is 1.88 bits per heavy atom. The van der Waals surface area contributed by atoms with E-state index in [-0.39, 0.29) is 0 Å². The molecule has 0 aliphatic carbocycles. The minimum absolute atomic E-state index is 0.387. The summed E-state index contributed by atoms with van der Waals surface area (Å²) < 4.78 is 0. The average molecular weight is 233 g/mol. The third-order valence-electron chi connectivity index (χ3n) is 2.12. The quantitative estimate of drug-likeness (QED) is 0.748. The largest absolute Gasteiger partial charge is 0.296 e. The van der Waals surface area contributed by atoms with Crippen molar-refractivity contribution in [2.45, 2.75) is 6.92 Å². The number of hydrogen-bond donors (Lipinski definition) is 0. The zero-order valence-corrected chi connectivity index (χ0v) is 9.40. The van der Waals surface area contributed by atoms with Gasteiger partial charge in [0.1, 0.15) is 11.5 Å². The van der Waals surface area contributed by atoms with Crippen LogP contribution >= 0.6 is 11.6 Å². The van der Waals surface area contributed by atoms with Crippen molar-refractivity contribution < 1.29 is 4.79 Å². The second-order valence-electron chi connectivity index (χ2n) is 3.35. The summed E-state index contributed by atoms with van der Waals surface area (Å²) in [5.41, 5.74) is 2.03. The first-order valence-electron chi connectivity index (χ1n) is 4.76. The summed E-state index contributed by atoms with van der Waals surface area (Å²) >= 11 is 5.80. The highest BCUT2D eigenvalue weighted by Crippen LogP contribution is 2.19. The van der Waals surface area contributed by atoms with Gasteiger partial charge in [0, 0.05) is 10.6 Å². The molecule has 0 saturated heterocycles. The SMILES string of the molecule is Cc1nc(C=O)cc(-c2ccc(Cl)cc2)n1. The number of hydrogen-bond acceptors (Lipinski definition) is 3. The van der Waals surface area contributed by atoms with Crippen molar-refractivity contribution in [1.82, 2.24) is 9.97 Å². The van der Waals surface area contributed by atoms with Crippen LogP contribution in [0.25, 0.3) is 11.3 Å². The van der Waals surface area contributed by atoms with Crippen LogP contribution in [0.3, 0.4) is 0 Å². The third-order valence-corrected chi connectivity index (χ3v) is 2.37. The minimum atomic E-state index is 0.387. The van der Waals surface area contributed by atoms with E-state index in [1.807, 2.05) is 12.1 Å². The fraction of sp³-hybridized carbons (Fsp3) is 0.0833. The number of carbonyl (C=O) groups is 1. The number of aromatic nitrogens is 2. The lowest BCUT2D eigenvalue weighted by Gasteiger charge is -2.02. The molecule has 0 radical (unpaired) electrons. The normalized spacial score (nSPS) is 10.1. The van der Waals surface area contributed by atoms with E-state index in [1.165, 1.54) is 0 Å². The molecule has 0 aliphatic rings. The Kier molecular flexibility index (Phi) is 2.97. The third kappa shape index (κ3) is 2.25. The van der Waals surface area contributed by atoms with Crippen LogP contribution in [0.15, 0.2) is 30.3 Å². The fourth-order valence-corrected chi connectivity index (χ4v) is 1.55. The Bertz CT molecular complexity index is 523. The van der Waals surface area contributed by atoms with Gasteiger partial charge < -0.3 is 0 Å². The smallest absolute Gasteiger partial charge is 0.168 e. The molecule has 0 saturated carbocycles. The van der Waals surface area contributed by atoms with E-state index in [0.29, 0.717) is 22.8 Å². The van der Waals surface area contributed by atoms with Crippen LogP contribution in [0.5, 0.6) is 0 Å². The molecule has 0 spiro atoms. The van der Waals surface area contributed by atoms with Crippen molar-refractivity contribution >= 4 is 17.9 Å². The molecular formula is C12H9ClN2O. The van der Waals surface area contributed by atoms with Crippen LogP contribution < -0.4 is 0 Å². The maximum atomic E-state index is 10.7. The highest BCUT2D eigenvalue weighted by atomic mass is 35.5. The van der Waals surface area contributed by atoms with Gasteiger partial charge in [-0.25, -0.2) is 9.97 Å². The van der Waals surface area contributed by atoms with Gasteiger partial charge in [0.2, 0.25) is 0 Å². The van der Waals surface area contributed by atoms with Crippen LogP contribution in [0.4, 0.5) is 0 Å². The van der Waals surface area contributed by atoms with Gasteiger partial charge in [-0.1, -0.05) is 23.7 Å². The van der Waals surface area contributed by atoms with Crippen LogP contribution in [0, 0.1) is 6.92 Å². The summed E-state index contributed by atoms with van der Waals surface area (Å²) in [6.45, 7) is 1.76. The number of nitrogens with zero attached hydrogens (tertiary/aromatic N) is 2. The molecule has 4 heteroatoms. The molecule has 0 N–H and O–H groups in total. The molecule has 1 aromatic heterocycles. The molecule has 1 aromatic carbocycles.